The van der Waals surface area contributed by atoms with E-state index >= 15 is 0 Å². The molecule has 0 radical (unpaired) electrons. The average molecular weight is 456 g/mol. The molecule has 0 amide bonds. The Kier molecular flexibility index (Phi) is 5.71. The molecule has 0 spiro atoms. The molecule has 0 saturated carbocycles. The lowest BCUT2D eigenvalue weighted by Gasteiger charge is -2.05. The summed E-state index contributed by atoms with van der Waals surface area (Å²) in [5.74, 6) is 0.784. The normalized spacial score (nSPS) is 12.0. The Balaban J connectivity index is 1.52. The van der Waals surface area contributed by atoms with E-state index < -0.39 is 5.56 Å². The molecule has 2 heterocycles. The van der Waals surface area contributed by atoms with Crippen LogP contribution < -0.4 is 20.4 Å². The molecule has 0 unspecified atom stereocenters. The van der Waals surface area contributed by atoms with Crippen LogP contribution in [0.25, 0.3) is 21.8 Å². The standard InChI is InChI=1S/C26H21N3O3S/c1-2-14-32-20-12-10-17(11-13-20)15-22-24(30)27-26-29(28-22)25(31)23(33-26)16-19-8-5-7-18-6-3-4-9-21(18)19/h3-13,16H,2,14-15H2,1H3. The summed E-state index contributed by atoms with van der Waals surface area (Å²) >= 11 is 1.17. The highest BCUT2D eigenvalue weighted by Gasteiger charge is 2.12. The summed E-state index contributed by atoms with van der Waals surface area (Å²) in [6, 6.07) is 21.5. The van der Waals surface area contributed by atoms with Crippen LogP contribution in [0.2, 0.25) is 0 Å². The van der Waals surface area contributed by atoms with Gasteiger partial charge in [0.2, 0.25) is 4.96 Å². The Labute approximate surface area is 193 Å². The summed E-state index contributed by atoms with van der Waals surface area (Å²) in [6.07, 6.45) is 3.07. The zero-order valence-corrected chi connectivity index (χ0v) is 18.8. The number of fused-ring (bicyclic) bond motifs is 2. The minimum atomic E-state index is -0.417. The molecule has 0 saturated heterocycles. The summed E-state index contributed by atoms with van der Waals surface area (Å²) in [6.45, 7) is 2.71. The van der Waals surface area contributed by atoms with Crippen LogP contribution in [0.4, 0.5) is 0 Å². The van der Waals surface area contributed by atoms with E-state index in [0.29, 0.717) is 22.5 Å². The Morgan fingerprint density at radius 2 is 1.79 bits per heavy atom. The molecule has 2 aromatic heterocycles. The molecule has 0 atom stereocenters. The zero-order valence-electron chi connectivity index (χ0n) is 18.0. The van der Waals surface area contributed by atoms with Crippen molar-refractivity contribution in [2.75, 3.05) is 6.61 Å². The molecule has 0 fully saturated rings. The molecule has 0 N–H and O–H groups in total. The highest BCUT2D eigenvalue weighted by molar-refractivity contribution is 7.15. The molecule has 0 aliphatic rings. The number of aromatic nitrogens is 3. The molecule has 5 rings (SSSR count). The summed E-state index contributed by atoms with van der Waals surface area (Å²) in [4.78, 5) is 30.1. The van der Waals surface area contributed by atoms with Crippen molar-refractivity contribution in [3.05, 3.63) is 109 Å². The Morgan fingerprint density at radius 3 is 2.61 bits per heavy atom. The molecule has 7 heteroatoms. The predicted octanol–water partition coefficient (Wildman–Crippen LogP) is 3.59. The van der Waals surface area contributed by atoms with Gasteiger partial charge in [0.05, 0.1) is 11.1 Å². The number of thiazole rings is 1. The third-order valence-corrected chi connectivity index (χ3v) is 6.29. The second-order valence-corrected chi connectivity index (χ2v) is 8.72. The van der Waals surface area contributed by atoms with E-state index in [0.717, 1.165) is 34.1 Å². The number of benzene rings is 3. The van der Waals surface area contributed by atoms with Gasteiger partial charge in [-0.1, -0.05) is 72.9 Å². The van der Waals surface area contributed by atoms with Crippen LogP contribution in [0.3, 0.4) is 0 Å². The Morgan fingerprint density at radius 1 is 1.00 bits per heavy atom. The van der Waals surface area contributed by atoms with Crippen LogP contribution in [0.1, 0.15) is 30.2 Å². The van der Waals surface area contributed by atoms with Crippen LogP contribution in [0.5, 0.6) is 5.75 Å². The van der Waals surface area contributed by atoms with E-state index in [2.05, 4.69) is 17.0 Å². The van der Waals surface area contributed by atoms with Crippen molar-refractivity contribution < 1.29 is 4.74 Å². The minimum absolute atomic E-state index is 0.237. The predicted molar refractivity (Wildman–Crippen MR) is 131 cm³/mol. The maximum atomic E-state index is 13.1. The van der Waals surface area contributed by atoms with E-state index in [1.165, 1.54) is 15.9 Å². The van der Waals surface area contributed by atoms with Crippen LogP contribution in [-0.2, 0) is 6.42 Å². The number of hydrogen-bond donors (Lipinski definition) is 0. The van der Waals surface area contributed by atoms with Crippen molar-refractivity contribution in [2.24, 2.45) is 0 Å². The monoisotopic (exact) mass is 455 g/mol. The third kappa shape index (κ3) is 4.27. The van der Waals surface area contributed by atoms with E-state index in [1.807, 2.05) is 72.8 Å². The lowest BCUT2D eigenvalue weighted by Crippen LogP contribution is -2.28. The first kappa shape index (κ1) is 21.0. The number of hydrogen-bond acceptors (Lipinski definition) is 6. The highest BCUT2D eigenvalue weighted by atomic mass is 32.1. The van der Waals surface area contributed by atoms with Crippen molar-refractivity contribution >= 4 is 33.1 Å². The van der Waals surface area contributed by atoms with E-state index in [-0.39, 0.29) is 11.3 Å². The van der Waals surface area contributed by atoms with Crippen molar-refractivity contribution in [1.29, 1.82) is 0 Å². The molecule has 5 aromatic rings. The molecular weight excluding hydrogens is 434 g/mol. The molecule has 0 aliphatic heterocycles. The summed E-state index contributed by atoms with van der Waals surface area (Å²) in [7, 11) is 0. The topological polar surface area (TPSA) is 73.6 Å². The molecule has 33 heavy (non-hydrogen) atoms. The molecular formula is C26H21N3O3S. The van der Waals surface area contributed by atoms with Gasteiger partial charge >= 0.3 is 0 Å². The maximum Gasteiger partial charge on any atom is 0.296 e. The van der Waals surface area contributed by atoms with Gasteiger partial charge in [0.1, 0.15) is 11.4 Å². The van der Waals surface area contributed by atoms with E-state index in [1.54, 1.807) is 0 Å². The molecule has 6 nitrogen and oxygen atoms in total. The average Bonchev–Trinajstić information content (AvgIpc) is 3.13. The van der Waals surface area contributed by atoms with Crippen molar-refractivity contribution in [3.8, 4) is 5.75 Å². The highest BCUT2D eigenvalue weighted by Crippen LogP contribution is 2.19. The first-order valence-corrected chi connectivity index (χ1v) is 11.6. The fourth-order valence-electron chi connectivity index (χ4n) is 3.69. The lowest BCUT2D eigenvalue weighted by molar-refractivity contribution is 0.317. The van der Waals surface area contributed by atoms with Gasteiger partial charge in [0.25, 0.3) is 11.1 Å². The largest absolute Gasteiger partial charge is 0.494 e. The van der Waals surface area contributed by atoms with Crippen LogP contribution in [0, 0.1) is 0 Å². The van der Waals surface area contributed by atoms with Gasteiger partial charge in [-0.2, -0.15) is 14.6 Å². The van der Waals surface area contributed by atoms with Gasteiger partial charge in [-0.15, -0.1) is 0 Å². The summed E-state index contributed by atoms with van der Waals surface area (Å²) in [5.41, 5.74) is 1.38. The first-order valence-electron chi connectivity index (χ1n) is 10.8. The van der Waals surface area contributed by atoms with Crippen molar-refractivity contribution in [1.82, 2.24) is 14.6 Å². The Bertz CT molecular complexity index is 1620. The van der Waals surface area contributed by atoms with Crippen LogP contribution in [0.15, 0.2) is 76.3 Å². The number of ether oxygens (including phenoxy) is 1. The van der Waals surface area contributed by atoms with Gasteiger partial charge < -0.3 is 4.74 Å². The lowest BCUT2D eigenvalue weighted by atomic mass is 10.0. The summed E-state index contributed by atoms with van der Waals surface area (Å²) < 4.78 is 7.32. The third-order valence-electron chi connectivity index (χ3n) is 5.33. The Hall–Kier alpha value is -3.84. The quantitative estimate of drug-likeness (QED) is 0.391. The maximum absolute atomic E-state index is 13.1. The van der Waals surface area contributed by atoms with E-state index in [4.69, 9.17) is 4.74 Å². The molecule has 0 bridgehead atoms. The zero-order chi connectivity index (χ0) is 22.8. The van der Waals surface area contributed by atoms with Gasteiger partial charge in [-0.05, 0) is 46.5 Å². The smallest absolute Gasteiger partial charge is 0.296 e. The molecule has 164 valence electrons. The van der Waals surface area contributed by atoms with Gasteiger partial charge in [0, 0.05) is 6.42 Å². The second kappa shape index (κ2) is 8.96. The summed E-state index contributed by atoms with van der Waals surface area (Å²) in [5, 5.41) is 6.51. The molecule has 0 aliphatic carbocycles. The first-order chi connectivity index (χ1) is 16.1. The fraction of sp³-hybridized carbons (Fsp3) is 0.154. The molecule has 3 aromatic carbocycles. The van der Waals surface area contributed by atoms with Crippen molar-refractivity contribution in [3.63, 3.8) is 0 Å². The number of nitrogens with zero attached hydrogens (tertiary/aromatic N) is 3. The SMILES string of the molecule is CCCOc1ccc(Cc2nn3c(=O)c(=Cc4cccc5ccccc45)sc3nc2=O)cc1. The van der Waals surface area contributed by atoms with Gasteiger partial charge in [-0.3, -0.25) is 9.59 Å². The van der Waals surface area contributed by atoms with Crippen molar-refractivity contribution in [2.45, 2.75) is 19.8 Å². The fourth-order valence-corrected chi connectivity index (χ4v) is 4.58. The van der Waals surface area contributed by atoms with Crippen LogP contribution in [-0.4, -0.2) is 21.2 Å². The van der Waals surface area contributed by atoms with E-state index in [9.17, 15) is 9.59 Å². The van der Waals surface area contributed by atoms with Gasteiger partial charge in [-0.25, -0.2) is 0 Å². The minimum Gasteiger partial charge on any atom is -0.494 e. The number of rotatable bonds is 6. The second-order valence-electron chi connectivity index (χ2n) is 7.71. The van der Waals surface area contributed by atoms with Crippen LogP contribution >= 0.6 is 11.3 Å². The van der Waals surface area contributed by atoms with Gasteiger partial charge in [0.15, 0.2) is 0 Å².